The van der Waals surface area contributed by atoms with E-state index in [-0.39, 0.29) is 0 Å². The van der Waals surface area contributed by atoms with Gasteiger partial charge in [0.05, 0.1) is 13.7 Å². The van der Waals surface area contributed by atoms with Crippen LogP contribution in [0, 0.1) is 0 Å². The van der Waals surface area contributed by atoms with Crippen molar-refractivity contribution in [2.45, 2.75) is 25.4 Å². The molecule has 0 fully saturated rings. The number of aryl methyl sites for hydroxylation is 2. The molecular formula is C15H19N3O. The molecule has 100 valence electrons. The summed E-state index contributed by atoms with van der Waals surface area (Å²) < 4.78 is 7.36. The van der Waals surface area contributed by atoms with Gasteiger partial charge in [-0.2, -0.15) is 0 Å². The lowest BCUT2D eigenvalue weighted by molar-refractivity contribution is 0.413. The van der Waals surface area contributed by atoms with Gasteiger partial charge in [-0.3, -0.25) is 0 Å². The van der Waals surface area contributed by atoms with Crippen molar-refractivity contribution in [2.75, 3.05) is 7.11 Å². The number of imidazole rings is 1. The second-order valence-electron chi connectivity index (χ2n) is 4.99. The van der Waals surface area contributed by atoms with Crippen LogP contribution in [0.2, 0.25) is 0 Å². The molecule has 1 heterocycles. The normalized spacial score (nSPS) is 17.5. The quantitative estimate of drug-likeness (QED) is 0.912. The van der Waals surface area contributed by atoms with Crippen LogP contribution in [0.3, 0.4) is 0 Å². The Morgan fingerprint density at radius 2 is 2.37 bits per heavy atom. The van der Waals surface area contributed by atoms with Crippen LogP contribution in [0.1, 0.15) is 29.4 Å². The standard InChI is InChI=1S/C15H19N3O/c1-18-8-7-16-15(18)10-17-14-6-4-11-3-5-12(19-2)9-13(11)14/h3,5,7-9,14,17H,4,6,10H2,1-2H3. The number of hydrogen-bond acceptors (Lipinski definition) is 3. The van der Waals surface area contributed by atoms with Crippen LogP contribution in [-0.4, -0.2) is 16.7 Å². The minimum atomic E-state index is 0.404. The lowest BCUT2D eigenvalue weighted by atomic mass is 10.1. The largest absolute Gasteiger partial charge is 0.497 e. The molecule has 0 amide bonds. The Balaban J connectivity index is 1.73. The third-order valence-corrected chi connectivity index (χ3v) is 3.86. The molecule has 1 aliphatic rings. The second-order valence-corrected chi connectivity index (χ2v) is 4.99. The van der Waals surface area contributed by atoms with Gasteiger partial charge in [0.2, 0.25) is 0 Å². The van der Waals surface area contributed by atoms with Gasteiger partial charge in [-0.1, -0.05) is 6.07 Å². The van der Waals surface area contributed by atoms with Crippen molar-refractivity contribution in [1.29, 1.82) is 0 Å². The Labute approximate surface area is 113 Å². The monoisotopic (exact) mass is 257 g/mol. The summed E-state index contributed by atoms with van der Waals surface area (Å²) in [4.78, 5) is 4.34. The number of methoxy groups -OCH3 is 1. The molecule has 1 aliphatic carbocycles. The highest BCUT2D eigenvalue weighted by molar-refractivity contribution is 5.40. The van der Waals surface area contributed by atoms with E-state index in [0.717, 1.165) is 31.0 Å². The topological polar surface area (TPSA) is 39.1 Å². The van der Waals surface area contributed by atoms with E-state index in [9.17, 15) is 0 Å². The van der Waals surface area contributed by atoms with Crippen molar-refractivity contribution in [2.24, 2.45) is 7.05 Å². The Morgan fingerprint density at radius 3 is 3.11 bits per heavy atom. The zero-order valence-corrected chi connectivity index (χ0v) is 11.4. The fourth-order valence-electron chi connectivity index (χ4n) is 2.70. The van der Waals surface area contributed by atoms with Crippen molar-refractivity contribution in [1.82, 2.24) is 14.9 Å². The Bertz CT molecular complexity index is 577. The van der Waals surface area contributed by atoms with Gasteiger partial charge in [-0.25, -0.2) is 4.98 Å². The van der Waals surface area contributed by atoms with E-state index in [0.29, 0.717) is 6.04 Å². The molecular weight excluding hydrogens is 238 g/mol. The smallest absolute Gasteiger partial charge is 0.122 e. The van der Waals surface area contributed by atoms with Gasteiger partial charge >= 0.3 is 0 Å². The number of aromatic nitrogens is 2. The minimum Gasteiger partial charge on any atom is -0.497 e. The van der Waals surface area contributed by atoms with Gasteiger partial charge in [-0.15, -0.1) is 0 Å². The maximum atomic E-state index is 5.31. The Morgan fingerprint density at radius 1 is 1.47 bits per heavy atom. The van der Waals surface area contributed by atoms with Crippen molar-refractivity contribution in [3.8, 4) is 5.75 Å². The molecule has 1 unspecified atom stereocenters. The van der Waals surface area contributed by atoms with Crippen LogP contribution in [0.5, 0.6) is 5.75 Å². The van der Waals surface area contributed by atoms with E-state index >= 15 is 0 Å². The summed E-state index contributed by atoms with van der Waals surface area (Å²) in [7, 11) is 3.74. The average Bonchev–Trinajstić information content (AvgIpc) is 3.02. The Hall–Kier alpha value is -1.81. The van der Waals surface area contributed by atoms with Crippen LogP contribution in [0.4, 0.5) is 0 Å². The number of rotatable bonds is 4. The van der Waals surface area contributed by atoms with Crippen LogP contribution in [-0.2, 0) is 20.0 Å². The summed E-state index contributed by atoms with van der Waals surface area (Å²) in [6.07, 6.45) is 6.09. The Kier molecular flexibility index (Phi) is 3.25. The zero-order valence-electron chi connectivity index (χ0n) is 11.4. The molecule has 4 heteroatoms. The average molecular weight is 257 g/mol. The molecule has 0 spiro atoms. The maximum absolute atomic E-state index is 5.31. The number of ether oxygens (including phenoxy) is 1. The van der Waals surface area contributed by atoms with Gasteiger partial charge in [0.25, 0.3) is 0 Å². The highest BCUT2D eigenvalue weighted by Gasteiger charge is 2.22. The van der Waals surface area contributed by atoms with Crippen molar-refractivity contribution in [3.63, 3.8) is 0 Å². The molecule has 1 aromatic heterocycles. The number of fused-ring (bicyclic) bond motifs is 1. The van der Waals surface area contributed by atoms with E-state index in [1.54, 1.807) is 7.11 Å². The molecule has 2 aromatic rings. The molecule has 0 aliphatic heterocycles. The van der Waals surface area contributed by atoms with E-state index in [1.165, 1.54) is 11.1 Å². The molecule has 4 nitrogen and oxygen atoms in total. The van der Waals surface area contributed by atoms with Crippen molar-refractivity contribution < 1.29 is 4.74 Å². The lowest BCUT2D eigenvalue weighted by Crippen LogP contribution is -2.20. The molecule has 1 aromatic carbocycles. The van der Waals surface area contributed by atoms with Gasteiger partial charge in [0.15, 0.2) is 0 Å². The molecule has 0 radical (unpaired) electrons. The highest BCUT2D eigenvalue weighted by Crippen LogP contribution is 2.33. The van der Waals surface area contributed by atoms with Crippen LogP contribution in [0.25, 0.3) is 0 Å². The minimum absolute atomic E-state index is 0.404. The number of benzene rings is 1. The second kappa shape index (κ2) is 5.05. The van der Waals surface area contributed by atoms with Gasteiger partial charge in [-0.05, 0) is 36.1 Å². The first-order chi connectivity index (χ1) is 9.28. The highest BCUT2D eigenvalue weighted by atomic mass is 16.5. The number of nitrogens with one attached hydrogen (secondary N) is 1. The third kappa shape index (κ3) is 2.36. The van der Waals surface area contributed by atoms with Crippen LogP contribution in [0.15, 0.2) is 30.6 Å². The van der Waals surface area contributed by atoms with E-state index in [1.807, 2.05) is 25.5 Å². The summed E-state index contributed by atoms with van der Waals surface area (Å²) in [5.41, 5.74) is 2.80. The summed E-state index contributed by atoms with van der Waals surface area (Å²) in [5.74, 6) is 2.00. The third-order valence-electron chi connectivity index (χ3n) is 3.86. The molecule has 0 saturated heterocycles. The van der Waals surface area contributed by atoms with Crippen LogP contribution >= 0.6 is 0 Å². The predicted molar refractivity (Wildman–Crippen MR) is 74.1 cm³/mol. The van der Waals surface area contributed by atoms with E-state index < -0.39 is 0 Å². The first kappa shape index (κ1) is 12.2. The SMILES string of the molecule is COc1ccc2c(c1)C(NCc1nccn1C)CC2. The van der Waals surface area contributed by atoms with Crippen LogP contribution < -0.4 is 10.1 Å². The summed E-state index contributed by atoms with van der Waals surface area (Å²) in [5, 5.41) is 3.59. The predicted octanol–water partition coefficient (Wildman–Crippen LogP) is 2.21. The van der Waals surface area contributed by atoms with Crippen molar-refractivity contribution in [3.05, 3.63) is 47.5 Å². The zero-order chi connectivity index (χ0) is 13.2. The molecule has 3 rings (SSSR count). The first-order valence-electron chi connectivity index (χ1n) is 6.64. The maximum Gasteiger partial charge on any atom is 0.122 e. The summed E-state index contributed by atoms with van der Waals surface area (Å²) >= 11 is 0. The number of hydrogen-bond donors (Lipinski definition) is 1. The van der Waals surface area contributed by atoms with E-state index in [2.05, 4.69) is 27.0 Å². The number of nitrogens with zero attached hydrogens (tertiary/aromatic N) is 2. The first-order valence-corrected chi connectivity index (χ1v) is 6.64. The molecule has 1 N–H and O–H groups in total. The molecule has 0 saturated carbocycles. The summed E-state index contributed by atoms with van der Waals surface area (Å²) in [6.45, 7) is 0.796. The fourth-order valence-corrected chi connectivity index (χ4v) is 2.70. The lowest BCUT2D eigenvalue weighted by Gasteiger charge is -2.14. The van der Waals surface area contributed by atoms with E-state index in [4.69, 9.17) is 4.74 Å². The molecule has 0 bridgehead atoms. The fraction of sp³-hybridized carbons (Fsp3) is 0.400. The summed E-state index contributed by atoms with van der Waals surface area (Å²) in [6, 6.07) is 6.77. The van der Waals surface area contributed by atoms with Gasteiger partial charge in [0, 0.05) is 25.5 Å². The molecule has 19 heavy (non-hydrogen) atoms. The van der Waals surface area contributed by atoms with Gasteiger partial charge in [0.1, 0.15) is 11.6 Å². The van der Waals surface area contributed by atoms with Gasteiger partial charge < -0.3 is 14.6 Å². The molecule has 1 atom stereocenters. The van der Waals surface area contributed by atoms with Crippen molar-refractivity contribution >= 4 is 0 Å².